The van der Waals surface area contributed by atoms with Gasteiger partial charge < -0.3 is 4.74 Å². The third-order valence-electron chi connectivity index (χ3n) is 2.67. The second-order valence-corrected chi connectivity index (χ2v) is 3.75. The number of hydrogen-bond acceptors (Lipinski definition) is 2. The summed E-state index contributed by atoms with van der Waals surface area (Å²) in [4.78, 5) is 2.55. The second kappa shape index (κ2) is 5.55. The average molecular weight is 171 g/mol. The molecule has 0 aliphatic carbocycles. The summed E-state index contributed by atoms with van der Waals surface area (Å²) in [5, 5.41) is 0. The van der Waals surface area contributed by atoms with Crippen molar-refractivity contribution in [1.29, 1.82) is 0 Å². The zero-order valence-corrected chi connectivity index (χ0v) is 8.38. The van der Waals surface area contributed by atoms with Crippen molar-refractivity contribution in [2.75, 3.05) is 26.8 Å². The van der Waals surface area contributed by atoms with E-state index in [9.17, 15) is 0 Å². The van der Waals surface area contributed by atoms with Gasteiger partial charge in [-0.15, -0.1) is 0 Å². The number of nitrogens with zero attached hydrogens (tertiary/aromatic N) is 1. The normalized spacial score (nSPS) is 23.5. The number of ether oxygens (including phenoxy) is 1. The van der Waals surface area contributed by atoms with E-state index in [4.69, 9.17) is 4.74 Å². The van der Waals surface area contributed by atoms with Gasteiger partial charge in [0.05, 0.1) is 6.61 Å². The summed E-state index contributed by atoms with van der Waals surface area (Å²) in [6, 6.07) is 0.605. The second-order valence-electron chi connectivity index (χ2n) is 3.75. The first-order chi connectivity index (χ1) is 5.84. The van der Waals surface area contributed by atoms with Crippen molar-refractivity contribution in [3.05, 3.63) is 0 Å². The fourth-order valence-corrected chi connectivity index (χ4v) is 1.88. The summed E-state index contributed by atoms with van der Waals surface area (Å²) < 4.78 is 5.16. The van der Waals surface area contributed by atoms with E-state index in [1.807, 2.05) is 0 Å². The Bertz CT molecular complexity index is 108. The van der Waals surface area contributed by atoms with Crippen LogP contribution in [0.15, 0.2) is 0 Å². The molecule has 0 bridgehead atoms. The Balaban J connectivity index is 2.27. The van der Waals surface area contributed by atoms with E-state index in [0.29, 0.717) is 6.04 Å². The van der Waals surface area contributed by atoms with Crippen LogP contribution in [0.2, 0.25) is 0 Å². The van der Waals surface area contributed by atoms with Gasteiger partial charge in [-0.25, -0.2) is 0 Å². The zero-order chi connectivity index (χ0) is 8.81. The van der Waals surface area contributed by atoms with Gasteiger partial charge in [-0.2, -0.15) is 0 Å². The molecule has 0 spiro atoms. The van der Waals surface area contributed by atoms with Crippen LogP contribution in [-0.2, 0) is 4.74 Å². The van der Waals surface area contributed by atoms with E-state index in [2.05, 4.69) is 11.8 Å². The first-order valence-electron chi connectivity index (χ1n) is 5.07. The van der Waals surface area contributed by atoms with Crippen LogP contribution in [0, 0.1) is 0 Å². The Labute approximate surface area is 75.9 Å². The summed E-state index contributed by atoms with van der Waals surface area (Å²) in [5.41, 5.74) is 0. The van der Waals surface area contributed by atoms with Gasteiger partial charge in [0.1, 0.15) is 0 Å². The molecule has 1 atom stereocenters. The first-order valence-corrected chi connectivity index (χ1v) is 5.07. The van der Waals surface area contributed by atoms with Gasteiger partial charge in [0, 0.05) is 13.2 Å². The van der Waals surface area contributed by atoms with Crippen LogP contribution in [0.3, 0.4) is 0 Å². The lowest BCUT2D eigenvalue weighted by molar-refractivity contribution is 0.102. The maximum Gasteiger partial charge on any atom is 0.0615 e. The maximum absolute atomic E-state index is 5.16. The molecule has 1 rings (SSSR count). The molecular weight excluding hydrogens is 150 g/mol. The molecule has 0 aromatic rings. The lowest BCUT2D eigenvalue weighted by atomic mass is 10.2. The minimum atomic E-state index is 0.605. The van der Waals surface area contributed by atoms with Crippen LogP contribution in [-0.4, -0.2) is 37.7 Å². The van der Waals surface area contributed by atoms with E-state index in [1.165, 1.54) is 38.8 Å². The van der Waals surface area contributed by atoms with Crippen LogP contribution in [0.25, 0.3) is 0 Å². The van der Waals surface area contributed by atoms with Crippen molar-refractivity contribution < 1.29 is 4.74 Å². The molecule has 0 N–H and O–H groups in total. The number of hydrogen-bond donors (Lipinski definition) is 0. The minimum Gasteiger partial charge on any atom is -0.383 e. The third-order valence-corrected chi connectivity index (χ3v) is 2.67. The molecule has 0 amide bonds. The SMILES string of the molecule is COCC(C)N1CCCCCC1. The molecule has 1 heterocycles. The highest BCUT2D eigenvalue weighted by Crippen LogP contribution is 2.12. The highest BCUT2D eigenvalue weighted by atomic mass is 16.5. The van der Waals surface area contributed by atoms with Gasteiger partial charge in [-0.05, 0) is 32.9 Å². The molecule has 0 aromatic heterocycles. The van der Waals surface area contributed by atoms with Gasteiger partial charge in [-0.1, -0.05) is 12.8 Å². The molecule has 12 heavy (non-hydrogen) atoms. The van der Waals surface area contributed by atoms with Crippen LogP contribution in [0.4, 0.5) is 0 Å². The number of likely N-dealkylation sites (tertiary alicyclic amines) is 1. The first kappa shape index (κ1) is 10.0. The van der Waals surface area contributed by atoms with Gasteiger partial charge in [-0.3, -0.25) is 4.90 Å². The number of methoxy groups -OCH3 is 1. The molecule has 1 aliphatic heterocycles. The summed E-state index contributed by atoms with van der Waals surface area (Å²) in [6.07, 6.45) is 5.56. The Hall–Kier alpha value is -0.0800. The van der Waals surface area contributed by atoms with E-state index >= 15 is 0 Å². The monoisotopic (exact) mass is 171 g/mol. The molecule has 2 heteroatoms. The van der Waals surface area contributed by atoms with Crippen molar-refractivity contribution in [2.24, 2.45) is 0 Å². The van der Waals surface area contributed by atoms with Crippen molar-refractivity contribution in [3.8, 4) is 0 Å². The van der Waals surface area contributed by atoms with Crippen molar-refractivity contribution in [3.63, 3.8) is 0 Å². The van der Waals surface area contributed by atoms with Crippen LogP contribution in [0.1, 0.15) is 32.6 Å². The fraction of sp³-hybridized carbons (Fsp3) is 1.00. The summed E-state index contributed by atoms with van der Waals surface area (Å²) >= 11 is 0. The molecule has 1 unspecified atom stereocenters. The van der Waals surface area contributed by atoms with Crippen LogP contribution in [0.5, 0.6) is 0 Å². The highest BCUT2D eigenvalue weighted by molar-refractivity contribution is 4.69. The third kappa shape index (κ3) is 3.11. The molecule has 0 saturated carbocycles. The highest BCUT2D eigenvalue weighted by Gasteiger charge is 2.14. The van der Waals surface area contributed by atoms with Gasteiger partial charge in [0.25, 0.3) is 0 Å². The smallest absolute Gasteiger partial charge is 0.0615 e. The molecule has 1 saturated heterocycles. The lowest BCUT2D eigenvalue weighted by Gasteiger charge is -2.26. The average Bonchev–Trinajstić information content (AvgIpc) is 2.32. The minimum absolute atomic E-state index is 0.605. The van der Waals surface area contributed by atoms with Gasteiger partial charge in [0.15, 0.2) is 0 Å². The lowest BCUT2D eigenvalue weighted by Crippen LogP contribution is -2.36. The molecule has 2 nitrogen and oxygen atoms in total. The largest absolute Gasteiger partial charge is 0.383 e. The summed E-state index contributed by atoms with van der Waals surface area (Å²) in [5.74, 6) is 0. The Morgan fingerprint density at radius 3 is 2.25 bits per heavy atom. The molecular formula is C10H21NO. The van der Waals surface area contributed by atoms with E-state index in [0.717, 1.165) is 6.61 Å². The van der Waals surface area contributed by atoms with E-state index in [-0.39, 0.29) is 0 Å². The van der Waals surface area contributed by atoms with Gasteiger partial charge >= 0.3 is 0 Å². The molecule has 72 valence electrons. The quantitative estimate of drug-likeness (QED) is 0.643. The van der Waals surface area contributed by atoms with Crippen molar-refractivity contribution in [1.82, 2.24) is 4.90 Å². The van der Waals surface area contributed by atoms with Gasteiger partial charge in [0.2, 0.25) is 0 Å². The molecule has 0 aromatic carbocycles. The predicted octanol–water partition coefficient (Wildman–Crippen LogP) is 1.90. The van der Waals surface area contributed by atoms with Crippen molar-refractivity contribution >= 4 is 0 Å². The fourth-order valence-electron chi connectivity index (χ4n) is 1.88. The zero-order valence-electron chi connectivity index (χ0n) is 8.38. The maximum atomic E-state index is 5.16. The number of rotatable bonds is 3. The Morgan fingerprint density at radius 1 is 1.17 bits per heavy atom. The summed E-state index contributed by atoms with van der Waals surface area (Å²) in [6.45, 7) is 5.67. The Morgan fingerprint density at radius 2 is 1.75 bits per heavy atom. The molecule has 1 fully saturated rings. The van der Waals surface area contributed by atoms with E-state index < -0.39 is 0 Å². The van der Waals surface area contributed by atoms with Crippen LogP contribution < -0.4 is 0 Å². The topological polar surface area (TPSA) is 12.5 Å². The Kier molecular flexibility index (Phi) is 4.62. The van der Waals surface area contributed by atoms with Crippen molar-refractivity contribution in [2.45, 2.75) is 38.6 Å². The molecule has 1 aliphatic rings. The summed E-state index contributed by atoms with van der Waals surface area (Å²) in [7, 11) is 1.79. The molecule has 0 radical (unpaired) electrons. The van der Waals surface area contributed by atoms with Crippen LogP contribution >= 0.6 is 0 Å². The van der Waals surface area contributed by atoms with E-state index in [1.54, 1.807) is 7.11 Å². The predicted molar refractivity (Wildman–Crippen MR) is 51.4 cm³/mol. The standard InChI is InChI=1S/C10H21NO/c1-10(9-12-2)11-7-5-3-4-6-8-11/h10H,3-9H2,1-2H3.